The lowest BCUT2D eigenvalue weighted by atomic mass is 10.2. The monoisotopic (exact) mass is 311 g/mol. The maximum atomic E-state index is 12.6. The molecule has 8 nitrogen and oxygen atoms in total. The number of rotatable bonds is 3. The van der Waals surface area contributed by atoms with Crippen molar-refractivity contribution in [1.29, 1.82) is 0 Å². The van der Waals surface area contributed by atoms with E-state index in [4.69, 9.17) is 9.52 Å². The first-order chi connectivity index (χ1) is 10.00. The van der Waals surface area contributed by atoms with Crippen LogP contribution in [0.2, 0.25) is 0 Å². The number of nitrogens with one attached hydrogen (secondary N) is 1. The summed E-state index contributed by atoms with van der Waals surface area (Å²) in [6.45, 7) is 0.482. The zero-order chi connectivity index (χ0) is 15.0. The molecule has 1 unspecified atom stereocenters. The molecule has 1 saturated heterocycles. The number of para-hydroxylation sites is 2. The van der Waals surface area contributed by atoms with E-state index in [9.17, 15) is 13.2 Å². The van der Waals surface area contributed by atoms with Crippen molar-refractivity contribution >= 4 is 27.1 Å². The van der Waals surface area contributed by atoms with Crippen molar-refractivity contribution in [3.63, 3.8) is 0 Å². The van der Waals surface area contributed by atoms with E-state index < -0.39 is 27.3 Å². The van der Waals surface area contributed by atoms with Gasteiger partial charge in [-0.15, -0.1) is 0 Å². The first kappa shape index (κ1) is 14.0. The minimum Gasteiger partial charge on any atom is -0.480 e. The predicted octanol–water partition coefficient (Wildman–Crippen LogP) is -0.125. The van der Waals surface area contributed by atoms with Gasteiger partial charge in [0.1, 0.15) is 11.6 Å². The van der Waals surface area contributed by atoms with Crippen LogP contribution >= 0.6 is 0 Å². The summed E-state index contributed by atoms with van der Waals surface area (Å²) in [6, 6.07) is 5.48. The molecule has 0 amide bonds. The molecule has 3 rings (SSSR count). The molecule has 1 atom stereocenters. The summed E-state index contributed by atoms with van der Waals surface area (Å²) in [4.78, 5) is 15.2. The summed E-state index contributed by atoms with van der Waals surface area (Å²) in [6.07, 6.45) is 0. The van der Waals surface area contributed by atoms with Gasteiger partial charge in [-0.1, -0.05) is 12.1 Å². The molecule has 0 spiro atoms. The molecular weight excluding hydrogens is 298 g/mol. The summed E-state index contributed by atoms with van der Waals surface area (Å²) in [5, 5.41) is 11.5. The molecule has 0 bridgehead atoms. The minimum atomic E-state index is -4.08. The Labute approximate surface area is 120 Å². The lowest BCUT2D eigenvalue weighted by molar-refractivity contribution is -0.141. The standard InChI is InChI=1S/C12H13N3O5S/c16-11(17)9-7-13-5-6-15(9)21(18,19)12-14-8-3-1-2-4-10(8)20-12/h1-4,9,13H,5-7H2,(H,16,17). The third-order valence-electron chi connectivity index (χ3n) is 3.28. The van der Waals surface area contributed by atoms with Gasteiger partial charge < -0.3 is 14.8 Å². The molecule has 0 radical (unpaired) electrons. The molecule has 9 heteroatoms. The maximum absolute atomic E-state index is 12.6. The number of benzene rings is 1. The number of hydrogen-bond acceptors (Lipinski definition) is 6. The van der Waals surface area contributed by atoms with Gasteiger partial charge in [0.05, 0.1) is 0 Å². The highest BCUT2D eigenvalue weighted by atomic mass is 32.2. The lowest BCUT2D eigenvalue weighted by Gasteiger charge is -2.31. The van der Waals surface area contributed by atoms with Gasteiger partial charge in [0, 0.05) is 19.6 Å². The van der Waals surface area contributed by atoms with Gasteiger partial charge >= 0.3 is 11.2 Å². The highest BCUT2D eigenvalue weighted by molar-refractivity contribution is 7.88. The third-order valence-corrected chi connectivity index (χ3v) is 4.95. The van der Waals surface area contributed by atoms with Crippen LogP contribution in [0.4, 0.5) is 0 Å². The number of carbonyl (C=O) groups is 1. The Kier molecular flexibility index (Phi) is 3.40. The third kappa shape index (κ3) is 2.39. The molecule has 1 aliphatic rings. The van der Waals surface area contributed by atoms with Crippen LogP contribution in [0.3, 0.4) is 0 Å². The van der Waals surface area contributed by atoms with Crippen LogP contribution in [0, 0.1) is 0 Å². The number of hydrogen-bond donors (Lipinski definition) is 2. The van der Waals surface area contributed by atoms with Crippen LogP contribution in [-0.2, 0) is 14.8 Å². The van der Waals surface area contributed by atoms with Crippen molar-refractivity contribution in [2.75, 3.05) is 19.6 Å². The molecule has 1 aliphatic heterocycles. The van der Waals surface area contributed by atoms with Gasteiger partial charge in [-0.3, -0.25) is 4.79 Å². The molecular formula is C12H13N3O5S. The smallest absolute Gasteiger partial charge is 0.332 e. The average Bonchev–Trinajstić information content (AvgIpc) is 2.92. The molecule has 1 aromatic heterocycles. The quantitative estimate of drug-likeness (QED) is 0.812. The number of oxazole rings is 1. The SMILES string of the molecule is O=C(O)C1CNCCN1S(=O)(=O)c1nc2ccccc2o1. The summed E-state index contributed by atoms with van der Waals surface area (Å²) in [5.74, 6) is -1.21. The molecule has 0 aliphatic carbocycles. The van der Waals surface area contributed by atoms with Crippen molar-refractivity contribution in [2.45, 2.75) is 11.3 Å². The molecule has 1 aromatic carbocycles. The topological polar surface area (TPSA) is 113 Å². The van der Waals surface area contributed by atoms with Crippen LogP contribution in [0.25, 0.3) is 11.1 Å². The largest absolute Gasteiger partial charge is 0.480 e. The number of piperazine rings is 1. The molecule has 2 aromatic rings. The van der Waals surface area contributed by atoms with Crippen LogP contribution in [0.15, 0.2) is 33.9 Å². The normalized spacial score (nSPS) is 20.7. The highest BCUT2D eigenvalue weighted by Gasteiger charge is 2.40. The van der Waals surface area contributed by atoms with Crippen molar-refractivity contribution in [3.8, 4) is 0 Å². The van der Waals surface area contributed by atoms with E-state index in [1.807, 2.05) is 0 Å². The lowest BCUT2D eigenvalue weighted by Crippen LogP contribution is -2.56. The second-order valence-electron chi connectivity index (χ2n) is 4.62. The molecule has 2 N–H and O–H groups in total. The number of carboxylic acid groups (broad SMARTS) is 1. The van der Waals surface area contributed by atoms with Gasteiger partial charge in [-0.2, -0.15) is 9.29 Å². The first-order valence-corrected chi connectivity index (χ1v) is 7.75. The number of sulfonamides is 1. The molecule has 21 heavy (non-hydrogen) atoms. The predicted molar refractivity (Wildman–Crippen MR) is 72.2 cm³/mol. The fourth-order valence-electron chi connectivity index (χ4n) is 2.25. The number of fused-ring (bicyclic) bond motifs is 1. The highest BCUT2D eigenvalue weighted by Crippen LogP contribution is 2.23. The fourth-order valence-corrected chi connectivity index (χ4v) is 3.69. The fraction of sp³-hybridized carbons (Fsp3) is 0.333. The summed E-state index contributed by atoms with van der Waals surface area (Å²) in [5.41, 5.74) is 0.760. The van der Waals surface area contributed by atoms with Crippen molar-refractivity contribution in [3.05, 3.63) is 24.3 Å². The Morgan fingerprint density at radius 3 is 2.90 bits per heavy atom. The number of aliphatic carboxylic acids is 1. The van der Waals surface area contributed by atoms with E-state index in [-0.39, 0.29) is 13.1 Å². The number of carboxylic acids is 1. The Morgan fingerprint density at radius 1 is 1.43 bits per heavy atom. The molecule has 2 heterocycles. The number of nitrogens with zero attached hydrogens (tertiary/aromatic N) is 2. The molecule has 1 fully saturated rings. The molecule has 112 valence electrons. The Bertz CT molecular complexity index is 752. The van der Waals surface area contributed by atoms with Crippen LogP contribution in [-0.4, -0.2) is 54.5 Å². The van der Waals surface area contributed by atoms with Gasteiger partial charge in [0.25, 0.3) is 10.0 Å². The first-order valence-electron chi connectivity index (χ1n) is 6.31. The van der Waals surface area contributed by atoms with Gasteiger partial charge in [-0.05, 0) is 12.1 Å². The van der Waals surface area contributed by atoms with E-state index in [0.717, 1.165) is 4.31 Å². The van der Waals surface area contributed by atoms with Gasteiger partial charge in [0.2, 0.25) is 0 Å². The Hall–Kier alpha value is -1.97. The van der Waals surface area contributed by atoms with Crippen molar-refractivity contribution in [1.82, 2.24) is 14.6 Å². The minimum absolute atomic E-state index is 0.0504. The van der Waals surface area contributed by atoms with Crippen LogP contribution < -0.4 is 5.32 Å². The molecule has 0 saturated carbocycles. The van der Waals surface area contributed by atoms with Crippen molar-refractivity contribution < 1.29 is 22.7 Å². The zero-order valence-corrected chi connectivity index (χ0v) is 11.7. The van der Waals surface area contributed by atoms with E-state index in [1.54, 1.807) is 24.3 Å². The van der Waals surface area contributed by atoms with Crippen molar-refractivity contribution in [2.24, 2.45) is 0 Å². The van der Waals surface area contributed by atoms with Gasteiger partial charge in [-0.25, -0.2) is 8.42 Å². The average molecular weight is 311 g/mol. The second-order valence-corrected chi connectivity index (χ2v) is 6.39. The summed E-state index contributed by atoms with van der Waals surface area (Å²) < 4.78 is 31.3. The Balaban J connectivity index is 2.04. The van der Waals surface area contributed by atoms with E-state index in [0.29, 0.717) is 17.6 Å². The summed E-state index contributed by atoms with van der Waals surface area (Å²) >= 11 is 0. The zero-order valence-electron chi connectivity index (χ0n) is 10.9. The van der Waals surface area contributed by atoms with Crippen LogP contribution in [0.5, 0.6) is 0 Å². The Morgan fingerprint density at radius 2 is 2.19 bits per heavy atom. The van der Waals surface area contributed by atoms with E-state index in [2.05, 4.69) is 10.3 Å². The maximum Gasteiger partial charge on any atom is 0.332 e. The van der Waals surface area contributed by atoms with E-state index >= 15 is 0 Å². The number of aromatic nitrogens is 1. The second kappa shape index (κ2) is 5.10. The summed E-state index contributed by atoms with van der Waals surface area (Å²) in [7, 11) is -4.08. The van der Waals surface area contributed by atoms with E-state index in [1.165, 1.54) is 0 Å². The van der Waals surface area contributed by atoms with Gasteiger partial charge in [0.15, 0.2) is 5.58 Å². The van der Waals surface area contributed by atoms with Crippen LogP contribution in [0.1, 0.15) is 0 Å².